The number of nitrogens with zero attached hydrogens (tertiary/aromatic N) is 1. The fourth-order valence-electron chi connectivity index (χ4n) is 11.9. The molecule has 99 heavy (non-hydrogen) atoms. The summed E-state index contributed by atoms with van der Waals surface area (Å²) < 4.78 is 0. The maximum Gasteiger partial charge on any atom is 0.326 e. The molecule has 2 aromatic heterocycles. The lowest BCUT2D eigenvalue weighted by atomic mass is 9.98. The highest BCUT2D eigenvalue weighted by atomic mass is 16.4. The van der Waals surface area contributed by atoms with Gasteiger partial charge >= 0.3 is 11.9 Å². The van der Waals surface area contributed by atoms with Gasteiger partial charge in [0.2, 0.25) is 59.1 Å². The predicted molar refractivity (Wildman–Crippen MR) is 365 cm³/mol. The number of phenolic OH excluding ortho intramolecular Hbond substituents is 1. The van der Waals surface area contributed by atoms with Crippen LogP contribution >= 0.6 is 0 Å². The lowest BCUT2D eigenvalue weighted by Gasteiger charge is -2.32. The Bertz CT molecular complexity index is 3860. The van der Waals surface area contributed by atoms with E-state index < -0.39 is 150 Å². The Morgan fingerprint density at radius 3 is 1.54 bits per heavy atom. The number of aromatic hydroxyl groups is 1. The van der Waals surface area contributed by atoms with Crippen LogP contribution in [-0.2, 0) is 83.2 Å². The Morgan fingerprint density at radius 2 is 0.990 bits per heavy atom. The number of fused-ring (bicyclic) bond motifs is 2. The number of amides is 10. The summed E-state index contributed by atoms with van der Waals surface area (Å²) in [5.74, 6) is -13.4. The van der Waals surface area contributed by atoms with E-state index in [0.29, 0.717) is 50.5 Å². The van der Waals surface area contributed by atoms with E-state index in [0.717, 1.165) is 0 Å². The van der Waals surface area contributed by atoms with Gasteiger partial charge in [-0.25, -0.2) is 4.79 Å². The van der Waals surface area contributed by atoms with Crippen LogP contribution in [-0.4, -0.2) is 175 Å². The number of carboxylic acid groups (broad SMARTS) is 2. The van der Waals surface area contributed by atoms with E-state index >= 15 is 14.4 Å². The molecule has 29 nitrogen and oxygen atoms in total. The third-order valence-corrected chi connectivity index (χ3v) is 17.3. The molecule has 0 aliphatic carbocycles. The molecule has 1 fully saturated rings. The van der Waals surface area contributed by atoms with E-state index in [1.54, 1.807) is 124 Å². The highest BCUT2D eigenvalue weighted by Crippen LogP contribution is 2.28. The molecular formula is C70H90N14O15. The van der Waals surface area contributed by atoms with Crippen LogP contribution in [0.15, 0.2) is 116 Å². The van der Waals surface area contributed by atoms with Crippen molar-refractivity contribution in [1.82, 2.24) is 57.4 Å². The first-order chi connectivity index (χ1) is 47.1. The van der Waals surface area contributed by atoms with E-state index in [2.05, 4.69) is 52.5 Å². The first-order valence-corrected chi connectivity index (χ1v) is 32.9. The molecule has 0 spiro atoms. The van der Waals surface area contributed by atoms with Crippen molar-refractivity contribution in [2.24, 2.45) is 35.0 Å². The third kappa shape index (κ3) is 21.4. The van der Waals surface area contributed by atoms with Crippen LogP contribution < -0.4 is 59.7 Å². The van der Waals surface area contributed by atoms with Crippen LogP contribution in [0.25, 0.3) is 21.8 Å². The summed E-state index contributed by atoms with van der Waals surface area (Å²) in [6, 6.07) is 13.6. The number of benzene rings is 4. The van der Waals surface area contributed by atoms with Gasteiger partial charge in [-0.2, -0.15) is 0 Å². The first kappa shape index (κ1) is 75.7. The molecule has 530 valence electrons. The summed E-state index contributed by atoms with van der Waals surface area (Å²) >= 11 is 0. The second-order valence-electron chi connectivity index (χ2n) is 25.9. The fraction of sp³-hybridized carbons (Fsp3) is 0.429. The molecule has 1 saturated heterocycles. The van der Waals surface area contributed by atoms with Crippen molar-refractivity contribution in [3.63, 3.8) is 0 Å². The van der Waals surface area contributed by atoms with Gasteiger partial charge < -0.3 is 89.9 Å². The van der Waals surface area contributed by atoms with Crippen LogP contribution in [0.2, 0.25) is 0 Å². The van der Waals surface area contributed by atoms with Crippen molar-refractivity contribution in [2.75, 3.05) is 13.1 Å². The van der Waals surface area contributed by atoms with Gasteiger partial charge in [-0.1, -0.05) is 113 Å². The number of likely N-dealkylation sites (tertiary alicyclic amines) is 1. The SMILES string of the molecule is CC(C)C[C@H](NC(=O)[C@H](CCCN)NC(=O)[C@@H](N)C(C)C)C(=O)N[C@@H](Cc1ccc(O)cc1)C(=O)N1CCC(C)[C@H]1C(=O)N[C@@H](Cc1c[nH]c2ccccc12)C(=O)N[C@@H](Cc1ccccc1)C(=O)N[C@@H](CC(N)=O)C(=O)N[C@@H](CC(=O)O)C(=O)N[C@@H](Cc1c[nH]c2ccccc12)C(=O)O. The minimum absolute atomic E-state index is 0.00227. The van der Waals surface area contributed by atoms with E-state index in [-0.39, 0.29) is 75.6 Å². The molecule has 0 radical (unpaired) electrons. The van der Waals surface area contributed by atoms with Crippen molar-refractivity contribution >= 4 is 92.8 Å². The Morgan fingerprint density at radius 1 is 0.535 bits per heavy atom. The number of H-pyrrole nitrogens is 2. The molecular weight excluding hydrogens is 1280 g/mol. The number of rotatable bonds is 36. The molecule has 7 rings (SSSR count). The normalized spacial score (nSPS) is 16.4. The van der Waals surface area contributed by atoms with E-state index in [1.807, 2.05) is 13.8 Å². The number of carbonyl (C=O) groups excluding carboxylic acids is 10. The number of aliphatic carboxylic acids is 2. The Kier molecular flexibility index (Phi) is 27.2. The summed E-state index contributed by atoms with van der Waals surface area (Å²) in [4.78, 5) is 175. The molecule has 1 aliphatic rings. The lowest BCUT2D eigenvalue weighted by Crippen LogP contribution is -2.61. The zero-order valence-electron chi connectivity index (χ0n) is 55.9. The summed E-state index contributed by atoms with van der Waals surface area (Å²) in [6.07, 6.45) is 1.12. The zero-order valence-corrected chi connectivity index (χ0v) is 55.9. The molecule has 10 amide bonds. The Hall–Kier alpha value is -10.7. The second kappa shape index (κ2) is 35.5. The molecule has 29 heteroatoms. The van der Waals surface area contributed by atoms with Crippen LogP contribution in [0.1, 0.15) is 95.4 Å². The number of aromatic nitrogens is 2. The third-order valence-electron chi connectivity index (χ3n) is 17.3. The molecule has 0 saturated carbocycles. The van der Waals surface area contributed by atoms with Gasteiger partial charge in [-0.3, -0.25) is 52.7 Å². The number of hydrogen-bond acceptors (Lipinski definition) is 15. The fourth-order valence-corrected chi connectivity index (χ4v) is 11.9. The largest absolute Gasteiger partial charge is 0.508 e. The Labute approximate surface area is 571 Å². The number of primary amides is 1. The average Bonchev–Trinajstić information content (AvgIpc) is 1.71. The van der Waals surface area contributed by atoms with Crippen LogP contribution in [0, 0.1) is 17.8 Å². The zero-order chi connectivity index (χ0) is 72.2. The molecule has 4 aromatic carbocycles. The summed E-state index contributed by atoms with van der Waals surface area (Å²) in [7, 11) is 0. The van der Waals surface area contributed by atoms with Crippen LogP contribution in [0.3, 0.4) is 0 Å². The summed E-state index contributed by atoms with van der Waals surface area (Å²) in [5, 5.41) is 52.5. The monoisotopic (exact) mass is 1370 g/mol. The minimum Gasteiger partial charge on any atom is -0.508 e. The van der Waals surface area contributed by atoms with Gasteiger partial charge in [0.05, 0.1) is 18.9 Å². The quantitative estimate of drug-likeness (QED) is 0.0260. The van der Waals surface area contributed by atoms with Gasteiger partial charge in [0.25, 0.3) is 0 Å². The maximum atomic E-state index is 15.3. The smallest absolute Gasteiger partial charge is 0.326 e. The van der Waals surface area contributed by atoms with Crippen molar-refractivity contribution in [2.45, 2.75) is 159 Å². The summed E-state index contributed by atoms with van der Waals surface area (Å²) in [6.45, 7) is 9.09. The molecule has 3 heterocycles. The molecule has 6 aromatic rings. The molecule has 19 N–H and O–H groups in total. The van der Waals surface area contributed by atoms with E-state index in [4.69, 9.17) is 17.2 Å². The van der Waals surface area contributed by atoms with Crippen molar-refractivity contribution < 1.29 is 72.9 Å². The number of para-hydroxylation sites is 2. The average molecular weight is 1370 g/mol. The number of hydrogen-bond donors (Lipinski definition) is 16. The van der Waals surface area contributed by atoms with E-state index in [1.165, 1.54) is 17.0 Å². The number of carboxylic acids is 2. The predicted octanol–water partition coefficient (Wildman–Crippen LogP) is 0.944. The number of carbonyl (C=O) groups is 12. The standard InChI is InChI=1S/C70H90N14O15/c1-37(2)28-50(77-61(89)49(20-13-26-71)76-67(95)59(73)38(3)4)62(90)82-55(30-41-21-23-44(85)24-22-41)69(97)84-27-25-39(5)60(84)68(96)81-52(31-42-35-74-47-18-11-9-16-45(42)47)64(92)78-51(29-40-14-7-6-8-15-40)63(91)79-53(33-57(72)86)65(93)80-54(34-58(87)88)66(94)83-56(70(98)99)32-43-36-75-48-19-12-10-17-46(43)48/h6-12,14-19,21-24,35-39,49-56,59-60,74-75,85H,13,20,25-34,71,73H2,1-5H3,(H2,72,86)(H,76,95)(H,77,89)(H,78,92)(H,79,91)(H,80,93)(H,81,96)(H,82,90)(H,83,94)(H,87,88)(H,98,99)/t39?,49-,50-,51-,52-,53-,54-,55-,56-,59-,60-/m0/s1. The molecule has 1 aliphatic heterocycles. The maximum absolute atomic E-state index is 15.3. The minimum atomic E-state index is -1.97. The van der Waals surface area contributed by atoms with Crippen molar-refractivity contribution in [3.8, 4) is 5.75 Å². The lowest BCUT2D eigenvalue weighted by molar-refractivity contribution is -0.144. The second-order valence-corrected chi connectivity index (χ2v) is 25.9. The summed E-state index contributed by atoms with van der Waals surface area (Å²) in [5.41, 5.74) is 20.9. The van der Waals surface area contributed by atoms with Gasteiger partial charge in [-0.15, -0.1) is 0 Å². The highest BCUT2D eigenvalue weighted by molar-refractivity contribution is 6.01. The number of aromatic amines is 2. The van der Waals surface area contributed by atoms with Gasteiger partial charge in [-0.05, 0) is 96.5 Å². The van der Waals surface area contributed by atoms with Gasteiger partial charge in [0, 0.05) is 66.4 Å². The topological polar surface area (TPSA) is 475 Å². The highest BCUT2D eigenvalue weighted by Gasteiger charge is 2.44. The van der Waals surface area contributed by atoms with Gasteiger partial charge in [0.15, 0.2) is 0 Å². The number of nitrogens with one attached hydrogen (secondary N) is 10. The van der Waals surface area contributed by atoms with Crippen molar-refractivity contribution in [3.05, 3.63) is 138 Å². The number of phenols is 1. The molecule has 11 atom stereocenters. The molecule has 0 bridgehead atoms. The van der Waals surface area contributed by atoms with Crippen LogP contribution in [0.4, 0.5) is 0 Å². The van der Waals surface area contributed by atoms with Crippen LogP contribution in [0.5, 0.6) is 5.75 Å². The first-order valence-electron chi connectivity index (χ1n) is 32.9. The number of nitrogens with two attached hydrogens (primary N) is 3. The van der Waals surface area contributed by atoms with Gasteiger partial charge in [0.1, 0.15) is 60.1 Å². The molecule has 1 unspecified atom stereocenters. The van der Waals surface area contributed by atoms with Crippen molar-refractivity contribution in [1.29, 1.82) is 0 Å². The van der Waals surface area contributed by atoms with E-state index in [9.17, 15) is 58.5 Å². The Balaban J connectivity index is 1.16.